The van der Waals surface area contributed by atoms with E-state index < -0.39 is 5.82 Å². The van der Waals surface area contributed by atoms with E-state index in [1.165, 1.54) is 18.3 Å². The minimum absolute atomic E-state index is 0.0422. The first-order chi connectivity index (χ1) is 15.5. The van der Waals surface area contributed by atoms with Crippen LogP contribution in [0.3, 0.4) is 0 Å². The third kappa shape index (κ3) is 5.35. The molecule has 0 aliphatic rings. The Bertz CT molecular complexity index is 1240. The molecule has 0 bridgehead atoms. The predicted molar refractivity (Wildman–Crippen MR) is 125 cm³/mol. The summed E-state index contributed by atoms with van der Waals surface area (Å²) in [7, 11) is 0. The first kappa shape index (κ1) is 21.6. The van der Waals surface area contributed by atoms with Crippen molar-refractivity contribution in [2.75, 3.05) is 10.7 Å². The van der Waals surface area contributed by atoms with Gasteiger partial charge in [0, 0.05) is 0 Å². The Hall–Kier alpha value is -3.62. The van der Waals surface area contributed by atoms with Crippen LogP contribution < -0.4 is 10.7 Å². The summed E-state index contributed by atoms with van der Waals surface area (Å²) >= 11 is 12.0. The van der Waals surface area contributed by atoms with Gasteiger partial charge in [0.1, 0.15) is 11.0 Å². The third-order valence-electron chi connectivity index (χ3n) is 4.26. The Morgan fingerprint density at radius 3 is 2.44 bits per heavy atom. The van der Waals surface area contributed by atoms with Crippen LogP contribution in [0.5, 0.6) is 0 Å². The van der Waals surface area contributed by atoms with Crippen LogP contribution in [0.25, 0.3) is 11.4 Å². The Kier molecular flexibility index (Phi) is 6.53. The average molecular weight is 468 g/mol. The molecule has 2 aromatic heterocycles. The van der Waals surface area contributed by atoms with Gasteiger partial charge in [-0.1, -0.05) is 59.1 Å². The maximum atomic E-state index is 14.5. The second-order valence-electron chi connectivity index (χ2n) is 6.68. The number of hydrazone groups is 1. The number of hydrogen-bond acceptors (Lipinski definition) is 7. The fourth-order valence-electron chi connectivity index (χ4n) is 2.70. The maximum absolute atomic E-state index is 14.5. The Balaban J connectivity index is 1.68. The first-order valence-electron chi connectivity index (χ1n) is 9.43. The Morgan fingerprint density at radius 2 is 1.72 bits per heavy atom. The summed E-state index contributed by atoms with van der Waals surface area (Å²) in [5, 5.41) is 7.68. The fraction of sp³-hybridized carbons (Fsp3) is 0.0455. The van der Waals surface area contributed by atoms with Gasteiger partial charge in [0.15, 0.2) is 5.82 Å². The SMILES string of the molecule is Cc1ccc(C=NNc2nc(Nc3ccc(Cl)nc3)nc(-c3c(F)cccc3Cl)n2)cc1. The molecule has 0 saturated heterocycles. The number of benzene rings is 2. The second kappa shape index (κ2) is 9.67. The molecule has 0 amide bonds. The largest absolute Gasteiger partial charge is 0.323 e. The topological polar surface area (TPSA) is 88.0 Å². The number of rotatable bonds is 6. The van der Waals surface area contributed by atoms with Crippen molar-refractivity contribution in [1.82, 2.24) is 19.9 Å². The molecule has 4 aromatic rings. The van der Waals surface area contributed by atoms with E-state index in [1.807, 2.05) is 31.2 Å². The summed E-state index contributed by atoms with van der Waals surface area (Å²) in [4.78, 5) is 16.9. The number of aromatic nitrogens is 4. The highest BCUT2D eigenvalue weighted by atomic mass is 35.5. The van der Waals surface area contributed by atoms with E-state index in [1.54, 1.807) is 24.4 Å². The van der Waals surface area contributed by atoms with Crippen molar-refractivity contribution in [3.8, 4) is 11.4 Å². The van der Waals surface area contributed by atoms with Crippen LogP contribution in [-0.4, -0.2) is 26.2 Å². The standard InChI is InChI=1S/C22H16Cl2FN7/c1-13-5-7-14(8-6-13)11-27-32-22-30-20(19-16(23)3-2-4-17(19)25)29-21(31-22)28-15-9-10-18(24)26-12-15/h2-12H,1H3,(H2,28,29,30,31,32). The first-order valence-corrected chi connectivity index (χ1v) is 10.2. The molecule has 0 fully saturated rings. The number of hydrogen-bond donors (Lipinski definition) is 2. The van der Waals surface area contributed by atoms with Crippen LogP contribution in [0.1, 0.15) is 11.1 Å². The lowest BCUT2D eigenvalue weighted by Crippen LogP contribution is -2.06. The molecule has 0 aliphatic carbocycles. The average Bonchev–Trinajstić information content (AvgIpc) is 2.77. The van der Waals surface area contributed by atoms with Gasteiger partial charge in [-0.2, -0.15) is 20.1 Å². The summed E-state index contributed by atoms with van der Waals surface area (Å²) in [5.41, 5.74) is 5.43. The number of nitrogens with one attached hydrogen (secondary N) is 2. The molecular formula is C22H16Cl2FN7. The monoisotopic (exact) mass is 467 g/mol. The highest BCUT2D eigenvalue weighted by Crippen LogP contribution is 2.29. The smallest absolute Gasteiger partial charge is 0.248 e. The normalized spacial score (nSPS) is 11.0. The van der Waals surface area contributed by atoms with Gasteiger partial charge in [0.25, 0.3) is 0 Å². The van der Waals surface area contributed by atoms with Crippen molar-refractivity contribution < 1.29 is 4.39 Å². The molecule has 10 heteroatoms. The van der Waals surface area contributed by atoms with Gasteiger partial charge < -0.3 is 5.32 Å². The molecule has 2 heterocycles. The maximum Gasteiger partial charge on any atom is 0.248 e. The van der Waals surface area contributed by atoms with E-state index >= 15 is 0 Å². The number of aryl methyl sites for hydroxylation is 1. The quantitative estimate of drug-likeness (QED) is 0.209. The zero-order valence-corrected chi connectivity index (χ0v) is 18.2. The fourth-order valence-corrected chi connectivity index (χ4v) is 3.06. The van der Waals surface area contributed by atoms with Gasteiger partial charge in [-0.05, 0) is 36.8 Å². The zero-order chi connectivity index (χ0) is 22.5. The van der Waals surface area contributed by atoms with Crippen molar-refractivity contribution in [3.05, 3.63) is 87.9 Å². The molecule has 0 spiro atoms. The van der Waals surface area contributed by atoms with Gasteiger partial charge in [0.2, 0.25) is 11.9 Å². The van der Waals surface area contributed by atoms with Gasteiger partial charge in [-0.3, -0.25) is 0 Å². The van der Waals surface area contributed by atoms with Gasteiger partial charge in [-0.15, -0.1) is 0 Å². The van der Waals surface area contributed by atoms with Gasteiger partial charge in [0.05, 0.1) is 28.7 Å². The summed E-state index contributed by atoms with van der Waals surface area (Å²) in [6.07, 6.45) is 3.14. The summed E-state index contributed by atoms with van der Waals surface area (Å²) in [6, 6.07) is 15.5. The van der Waals surface area contributed by atoms with Gasteiger partial charge >= 0.3 is 0 Å². The van der Waals surface area contributed by atoms with Crippen LogP contribution in [-0.2, 0) is 0 Å². The summed E-state index contributed by atoms with van der Waals surface area (Å²) in [5.74, 6) is -0.272. The predicted octanol–water partition coefficient (Wildman–Crippen LogP) is 5.88. The van der Waals surface area contributed by atoms with E-state index in [2.05, 4.69) is 35.8 Å². The van der Waals surface area contributed by atoms with Crippen LogP contribution in [0.15, 0.2) is 65.9 Å². The highest BCUT2D eigenvalue weighted by Gasteiger charge is 2.16. The molecule has 7 nitrogen and oxygen atoms in total. The van der Waals surface area contributed by atoms with E-state index in [9.17, 15) is 4.39 Å². The molecule has 0 saturated carbocycles. The molecule has 0 radical (unpaired) electrons. The molecule has 0 unspecified atom stereocenters. The van der Waals surface area contributed by atoms with Crippen LogP contribution >= 0.6 is 23.2 Å². The lowest BCUT2D eigenvalue weighted by molar-refractivity contribution is 0.630. The van der Waals surface area contributed by atoms with Crippen molar-refractivity contribution in [1.29, 1.82) is 0 Å². The van der Waals surface area contributed by atoms with Crippen LogP contribution in [0, 0.1) is 12.7 Å². The van der Waals surface area contributed by atoms with E-state index in [0.29, 0.717) is 10.8 Å². The van der Waals surface area contributed by atoms with E-state index in [-0.39, 0.29) is 28.3 Å². The zero-order valence-electron chi connectivity index (χ0n) is 16.7. The molecule has 0 atom stereocenters. The minimum Gasteiger partial charge on any atom is -0.323 e. The Labute approximate surface area is 193 Å². The van der Waals surface area contributed by atoms with Crippen molar-refractivity contribution >= 4 is 47.0 Å². The molecular weight excluding hydrogens is 452 g/mol. The molecule has 2 aromatic carbocycles. The number of pyridine rings is 1. The number of halogens is 3. The Morgan fingerprint density at radius 1 is 0.938 bits per heavy atom. The molecule has 32 heavy (non-hydrogen) atoms. The van der Waals surface area contributed by atoms with E-state index in [4.69, 9.17) is 23.2 Å². The lowest BCUT2D eigenvalue weighted by Gasteiger charge is -2.10. The lowest BCUT2D eigenvalue weighted by atomic mass is 10.2. The van der Waals surface area contributed by atoms with E-state index in [0.717, 1.165) is 11.1 Å². The molecule has 4 rings (SSSR count). The second-order valence-corrected chi connectivity index (χ2v) is 7.47. The number of anilines is 3. The van der Waals surface area contributed by atoms with Crippen molar-refractivity contribution in [2.45, 2.75) is 6.92 Å². The molecule has 160 valence electrons. The molecule has 2 N–H and O–H groups in total. The highest BCUT2D eigenvalue weighted by molar-refractivity contribution is 6.33. The number of nitrogens with zero attached hydrogens (tertiary/aromatic N) is 5. The summed E-state index contributed by atoms with van der Waals surface area (Å²) < 4.78 is 14.5. The van der Waals surface area contributed by atoms with Crippen molar-refractivity contribution in [2.24, 2.45) is 5.10 Å². The minimum atomic E-state index is -0.558. The van der Waals surface area contributed by atoms with Crippen LogP contribution in [0.2, 0.25) is 10.2 Å². The van der Waals surface area contributed by atoms with Gasteiger partial charge in [-0.25, -0.2) is 14.8 Å². The molecule has 0 aliphatic heterocycles. The van der Waals surface area contributed by atoms with Crippen molar-refractivity contribution in [3.63, 3.8) is 0 Å². The van der Waals surface area contributed by atoms with Crippen LogP contribution in [0.4, 0.5) is 22.0 Å². The third-order valence-corrected chi connectivity index (χ3v) is 4.80. The summed E-state index contributed by atoms with van der Waals surface area (Å²) in [6.45, 7) is 2.00.